The number of aliphatic carboxylic acids is 3. The Morgan fingerprint density at radius 3 is 2.03 bits per heavy atom. The second kappa shape index (κ2) is 23.5. The van der Waals surface area contributed by atoms with Gasteiger partial charge in [-0.15, -0.1) is 0 Å². The molecule has 1 radical (unpaired) electrons. The molecule has 0 aliphatic carbocycles. The number of fused-ring (bicyclic) bond motifs is 2. The zero-order valence-corrected chi connectivity index (χ0v) is 39.3. The van der Waals surface area contributed by atoms with Gasteiger partial charge in [-0.3, -0.25) is 13.9 Å². The number of unbranched alkanes of at least 4 members (excludes halogenated alkanes) is 1. The summed E-state index contributed by atoms with van der Waals surface area (Å²) in [6, 6.07) is 9.29. The maximum absolute atomic E-state index is 12.9. The van der Waals surface area contributed by atoms with Gasteiger partial charge in [0.05, 0.1) is 0 Å². The summed E-state index contributed by atoms with van der Waals surface area (Å²) in [4.78, 5) is 97.3. The van der Waals surface area contributed by atoms with E-state index in [2.05, 4.69) is 6.58 Å². The number of hydrogen-bond donors (Lipinski definition) is 11. The van der Waals surface area contributed by atoms with Gasteiger partial charge in [0.25, 0.3) is 5.08 Å². The number of nitrogens with two attached hydrogens (primary N) is 1. The van der Waals surface area contributed by atoms with Gasteiger partial charge in [0.15, 0.2) is 6.10 Å². The van der Waals surface area contributed by atoms with E-state index in [-0.39, 0.29) is 66.4 Å². The molecule has 2 aliphatic heterocycles. The first kappa shape index (κ1) is 58.1. The minimum atomic E-state index is -5.30. The summed E-state index contributed by atoms with van der Waals surface area (Å²) < 4.78 is 43.4. The number of ether oxygens (including phenoxy) is 4. The van der Waals surface area contributed by atoms with Crippen LogP contribution in [0.25, 0.3) is 0 Å². The van der Waals surface area contributed by atoms with Gasteiger partial charge in [-0.1, -0.05) is 76.6 Å². The van der Waals surface area contributed by atoms with Crippen LogP contribution in [0.5, 0.6) is 0 Å². The van der Waals surface area contributed by atoms with Crippen LogP contribution in [0.15, 0.2) is 54.6 Å². The van der Waals surface area contributed by atoms with Crippen LogP contribution >= 0.6 is 15.2 Å². The summed E-state index contributed by atoms with van der Waals surface area (Å²) in [5, 5.41) is 59.3. The Labute approximate surface area is 385 Å². The third-order valence-electron chi connectivity index (χ3n) is 10.5. The summed E-state index contributed by atoms with van der Waals surface area (Å²) >= 11 is 0. The molecule has 1 aromatic rings. The quantitative estimate of drug-likeness (QED) is 0.0254. The molecular formula is C38H57NNaO21P2. The summed E-state index contributed by atoms with van der Waals surface area (Å²) in [6.07, 6.45) is -4.80. The van der Waals surface area contributed by atoms with Crippen LogP contribution in [0.3, 0.4) is 0 Å². The number of carboxylic acids is 3. The van der Waals surface area contributed by atoms with Crippen molar-refractivity contribution in [2.45, 2.75) is 126 Å². The molecule has 0 unspecified atom stereocenters. The fourth-order valence-electron chi connectivity index (χ4n) is 7.13. The summed E-state index contributed by atoms with van der Waals surface area (Å²) in [5.41, 5.74) is -1.25. The first-order valence-electron chi connectivity index (χ1n) is 19.3. The van der Waals surface area contributed by atoms with E-state index in [0.29, 0.717) is 12.8 Å². The van der Waals surface area contributed by atoms with Crippen molar-refractivity contribution in [1.29, 1.82) is 0 Å². The molecule has 9 atom stereocenters. The van der Waals surface area contributed by atoms with Crippen molar-refractivity contribution in [3.8, 4) is 0 Å². The van der Waals surface area contributed by atoms with Crippen molar-refractivity contribution < 1.29 is 102 Å². The van der Waals surface area contributed by atoms with Gasteiger partial charge in [-0.2, -0.15) is 0 Å². The Bertz CT molecular complexity index is 1880. The Morgan fingerprint density at radius 1 is 1.00 bits per heavy atom. The minimum absolute atomic E-state index is 0. The zero-order chi connectivity index (χ0) is 47.6. The number of carbonyl (C=O) groups is 5. The normalized spacial score (nSPS) is 25.9. The fourth-order valence-corrected chi connectivity index (χ4v) is 9.38. The molecule has 22 nitrogen and oxygen atoms in total. The molecule has 0 aromatic heterocycles. The van der Waals surface area contributed by atoms with Gasteiger partial charge in [0.1, 0.15) is 12.2 Å². The molecular weight excluding hydrogens is 891 g/mol. The van der Waals surface area contributed by atoms with Crippen molar-refractivity contribution >= 4 is 74.6 Å². The molecule has 0 amide bonds. The number of aliphatic hydroxyl groups excluding tert-OH is 1. The van der Waals surface area contributed by atoms with Gasteiger partial charge in [-0.25, -0.2) is 19.2 Å². The van der Waals surface area contributed by atoms with Crippen molar-refractivity contribution in [2.24, 2.45) is 17.6 Å². The molecule has 3 rings (SSSR count). The van der Waals surface area contributed by atoms with Crippen LogP contribution in [0, 0.1) is 11.8 Å². The van der Waals surface area contributed by atoms with Crippen molar-refractivity contribution in [3.63, 3.8) is 0 Å². The van der Waals surface area contributed by atoms with Gasteiger partial charge < -0.3 is 74.9 Å². The van der Waals surface area contributed by atoms with Gasteiger partial charge in [0.2, 0.25) is 23.1 Å². The molecule has 2 heterocycles. The third-order valence-corrected chi connectivity index (χ3v) is 14.4. The second-order valence-electron chi connectivity index (χ2n) is 15.3. The first-order valence-corrected chi connectivity index (χ1v) is 22.5. The molecule has 0 spiro atoms. The first-order chi connectivity index (χ1) is 28.5. The van der Waals surface area contributed by atoms with Crippen LogP contribution in [0.1, 0.15) is 78.2 Å². The molecule has 351 valence electrons. The average Bonchev–Trinajstić information content (AvgIpc) is 3.39. The molecule has 2 aliphatic rings. The summed E-state index contributed by atoms with van der Waals surface area (Å²) in [6.45, 7) is 10.8. The number of esters is 2. The molecule has 12 N–H and O–H groups in total. The van der Waals surface area contributed by atoms with E-state index in [1.54, 1.807) is 6.92 Å². The Kier molecular flexibility index (Phi) is 21.7. The van der Waals surface area contributed by atoms with Crippen LogP contribution < -0.4 is 5.73 Å². The van der Waals surface area contributed by atoms with Crippen LogP contribution in [0.2, 0.25) is 0 Å². The molecule has 2 fully saturated rings. The minimum Gasteiger partial charge on any atom is -0.479 e. The van der Waals surface area contributed by atoms with Crippen molar-refractivity contribution in [2.75, 3.05) is 6.54 Å². The number of benzene rings is 1. The number of hydrogen-bond acceptors (Lipinski definition) is 15. The standard InChI is InChI=1S/C34H44O14.C4H13NO7P2.Na/c1-6-7-11-19(2)14-15-24(36)46-27-26(37)32(47-28(29(38)39)33(44,30(40)41)34(27,48-32)31(42)43)17-16-20(3)25(45-22(5)35)21(4)18-23-12-9-8-10-13-23;5-3-1-2-4(6,13(7,8)9)14(10,11)12;/h8-10,12-15,19,21,25-28,37,44H,3,6-7,11,16-18H2,1-2,4-5H3,(H,38,39)(H,40,41)(H,42,43);6H,1-3,5H2,(H2,7,8,9)(H2,10,11,12);/b15-14+;;/t19-,21+,25+,26+,27+,28-,32-,33+,34-;;/m0../s1. The monoisotopic (exact) mass is 948 g/mol. The Balaban J connectivity index is 0.00000113. The van der Waals surface area contributed by atoms with E-state index in [1.165, 1.54) is 13.0 Å². The average molecular weight is 949 g/mol. The van der Waals surface area contributed by atoms with Crippen LogP contribution in [-0.4, -0.2) is 163 Å². The van der Waals surface area contributed by atoms with Gasteiger partial charge in [-0.05, 0) is 49.3 Å². The second-order valence-corrected chi connectivity index (χ2v) is 19.3. The Hall–Kier alpha value is -2.89. The number of rotatable bonds is 22. The molecule has 1 aromatic carbocycles. The van der Waals surface area contributed by atoms with E-state index >= 15 is 0 Å². The van der Waals surface area contributed by atoms with Crippen molar-refractivity contribution in [1.82, 2.24) is 0 Å². The van der Waals surface area contributed by atoms with E-state index in [4.69, 9.17) is 44.3 Å². The smallest absolute Gasteiger partial charge is 0.369 e. The van der Waals surface area contributed by atoms with E-state index in [9.17, 15) is 63.7 Å². The molecule has 2 saturated heterocycles. The molecule has 2 bridgehead atoms. The summed E-state index contributed by atoms with van der Waals surface area (Å²) in [7, 11) is -10.6. The number of carbonyl (C=O) groups excluding carboxylic acids is 2. The Morgan fingerprint density at radius 2 is 1.57 bits per heavy atom. The topological polar surface area (TPSA) is 385 Å². The maximum atomic E-state index is 12.9. The number of carboxylic acid groups (broad SMARTS) is 3. The van der Waals surface area contributed by atoms with Crippen molar-refractivity contribution in [3.05, 3.63) is 60.2 Å². The molecule has 25 heteroatoms. The predicted molar refractivity (Wildman–Crippen MR) is 219 cm³/mol. The number of allylic oxidation sites excluding steroid dienone is 1. The largest absolute Gasteiger partial charge is 0.479 e. The van der Waals surface area contributed by atoms with Crippen LogP contribution in [-0.2, 0) is 58.5 Å². The van der Waals surface area contributed by atoms with E-state index in [0.717, 1.165) is 24.5 Å². The van der Waals surface area contributed by atoms with Crippen LogP contribution in [0.4, 0.5) is 0 Å². The SMILES string of the molecule is C=C(CC[C@]12O[C@@H](C(=O)O)[C@@](O)(C(=O)O)[C@](C(=O)O)(O1)[C@H](OC(=O)/C=C/[C@@H](C)CCCC)[C@H]2O)[C@@H](OC(C)=O)[C@H](C)Cc1ccccc1.NCCCC(O)(P(=O)(O)O)P(=O)(O)O.[Na]. The fraction of sp³-hybridized carbons (Fsp3) is 0.605. The number of aliphatic hydroxyl groups is 3. The predicted octanol–water partition coefficient (Wildman–Crippen LogP) is 0.984. The molecule has 63 heavy (non-hydrogen) atoms. The summed E-state index contributed by atoms with van der Waals surface area (Å²) in [5.74, 6) is -11.6. The third kappa shape index (κ3) is 13.1. The van der Waals surface area contributed by atoms with Gasteiger partial charge >= 0.3 is 45.0 Å². The van der Waals surface area contributed by atoms with E-state index in [1.807, 2.05) is 44.2 Å². The molecule has 0 saturated carbocycles. The van der Waals surface area contributed by atoms with Gasteiger partial charge in [0, 0.05) is 61.3 Å². The van der Waals surface area contributed by atoms with E-state index < -0.39 is 104 Å². The maximum Gasteiger partial charge on any atom is 0.369 e. The zero-order valence-electron chi connectivity index (χ0n) is 35.5.